The molecule has 4 aromatic rings. The highest BCUT2D eigenvalue weighted by Crippen LogP contribution is 2.31. The van der Waals surface area contributed by atoms with Gasteiger partial charge < -0.3 is 14.8 Å². The van der Waals surface area contributed by atoms with E-state index in [2.05, 4.69) is 42.8 Å². The molecular weight excluding hydrogens is 421 g/mol. The van der Waals surface area contributed by atoms with Crippen LogP contribution in [0, 0.1) is 6.92 Å². The molecule has 0 spiro atoms. The molecule has 5 rings (SSSR count). The average molecular weight is 442 g/mol. The van der Waals surface area contributed by atoms with E-state index < -0.39 is 11.9 Å². The van der Waals surface area contributed by atoms with E-state index in [1.807, 2.05) is 13.2 Å². The van der Waals surface area contributed by atoms with Gasteiger partial charge in [0.1, 0.15) is 11.2 Å². The fourth-order valence-corrected chi connectivity index (χ4v) is 3.90. The standard InChI is InChI=1S/C21H21F3N8/c1-13-7-16-18-19(30(2)5-6-32(13)18)29-20(28-16)26-9-15-10-27-31(12-15)11-14-3-4-17(25-8-14)21(22,23)24/h3-4,7-8,10,12H,5-6,9,11H2,1-2H3,(H,26,28,29). The molecule has 32 heavy (non-hydrogen) atoms. The quantitative estimate of drug-likeness (QED) is 0.510. The highest BCUT2D eigenvalue weighted by atomic mass is 19.4. The summed E-state index contributed by atoms with van der Waals surface area (Å²) in [5.74, 6) is 1.44. The Hall–Kier alpha value is -3.63. The molecule has 0 saturated carbocycles. The maximum atomic E-state index is 12.7. The lowest BCUT2D eigenvalue weighted by Gasteiger charge is -2.26. The van der Waals surface area contributed by atoms with Crippen LogP contribution in [0.15, 0.2) is 36.8 Å². The Morgan fingerprint density at radius 2 is 1.94 bits per heavy atom. The fourth-order valence-electron chi connectivity index (χ4n) is 3.90. The molecule has 1 aliphatic heterocycles. The molecular formula is C21H21F3N8. The fraction of sp³-hybridized carbons (Fsp3) is 0.333. The first-order valence-electron chi connectivity index (χ1n) is 10.1. The normalized spacial score (nSPS) is 13.7. The van der Waals surface area contributed by atoms with Crippen LogP contribution in [0.25, 0.3) is 11.0 Å². The number of nitrogens with zero attached hydrogens (tertiary/aromatic N) is 7. The molecule has 0 aromatic carbocycles. The molecule has 1 aliphatic rings. The summed E-state index contributed by atoms with van der Waals surface area (Å²) in [4.78, 5) is 15.0. The molecule has 0 radical (unpaired) electrons. The second kappa shape index (κ2) is 7.50. The predicted octanol–water partition coefficient (Wildman–Crippen LogP) is 3.46. The van der Waals surface area contributed by atoms with Gasteiger partial charge in [0.15, 0.2) is 5.82 Å². The van der Waals surface area contributed by atoms with Crippen molar-refractivity contribution < 1.29 is 13.2 Å². The molecule has 0 atom stereocenters. The van der Waals surface area contributed by atoms with Crippen molar-refractivity contribution >= 4 is 22.8 Å². The van der Waals surface area contributed by atoms with E-state index in [1.54, 1.807) is 10.9 Å². The van der Waals surface area contributed by atoms with Crippen molar-refractivity contribution in [2.24, 2.45) is 0 Å². The Balaban J connectivity index is 1.28. The number of alkyl halides is 3. The highest BCUT2D eigenvalue weighted by Gasteiger charge is 2.32. The zero-order valence-electron chi connectivity index (χ0n) is 17.6. The predicted molar refractivity (Wildman–Crippen MR) is 113 cm³/mol. The van der Waals surface area contributed by atoms with Gasteiger partial charge in [-0.1, -0.05) is 6.07 Å². The maximum absolute atomic E-state index is 12.7. The number of hydrogen-bond acceptors (Lipinski definition) is 6. The first-order chi connectivity index (χ1) is 15.3. The molecule has 166 valence electrons. The molecule has 0 aliphatic carbocycles. The monoisotopic (exact) mass is 442 g/mol. The third-order valence-corrected chi connectivity index (χ3v) is 5.55. The molecule has 0 unspecified atom stereocenters. The Morgan fingerprint density at radius 1 is 1.09 bits per heavy atom. The van der Waals surface area contributed by atoms with Crippen LogP contribution in [0.2, 0.25) is 0 Å². The van der Waals surface area contributed by atoms with Crippen LogP contribution in [-0.2, 0) is 25.8 Å². The summed E-state index contributed by atoms with van der Waals surface area (Å²) in [6, 6.07) is 4.46. The van der Waals surface area contributed by atoms with E-state index in [-0.39, 0.29) is 0 Å². The Kier molecular flexibility index (Phi) is 4.75. The van der Waals surface area contributed by atoms with Gasteiger partial charge in [-0.3, -0.25) is 9.67 Å². The maximum Gasteiger partial charge on any atom is 0.433 e. The first-order valence-corrected chi connectivity index (χ1v) is 10.1. The molecule has 5 heterocycles. The molecule has 11 heteroatoms. The van der Waals surface area contributed by atoms with Crippen LogP contribution < -0.4 is 10.2 Å². The largest absolute Gasteiger partial charge is 0.433 e. The first kappa shape index (κ1) is 20.3. The van der Waals surface area contributed by atoms with Crippen molar-refractivity contribution in [3.05, 3.63) is 59.3 Å². The number of halogens is 3. The topological polar surface area (TPSA) is 76.7 Å². The molecule has 0 amide bonds. The van der Waals surface area contributed by atoms with Gasteiger partial charge in [0, 0.05) is 50.3 Å². The zero-order valence-corrected chi connectivity index (χ0v) is 17.6. The van der Waals surface area contributed by atoms with E-state index in [1.165, 1.54) is 18.0 Å². The molecule has 0 fully saturated rings. The number of nitrogens with one attached hydrogen (secondary N) is 1. The van der Waals surface area contributed by atoms with Crippen molar-refractivity contribution in [3.8, 4) is 0 Å². The lowest BCUT2D eigenvalue weighted by Crippen LogP contribution is -2.29. The molecule has 1 N–H and O–H groups in total. The summed E-state index contributed by atoms with van der Waals surface area (Å²) in [5.41, 5.74) is 3.77. The van der Waals surface area contributed by atoms with Gasteiger partial charge in [-0.25, -0.2) is 4.98 Å². The minimum atomic E-state index is -4.44. The van der Waals surface area contributed by atoms with E-state index in [4.69, 9.17) is 4.98 Å². The van der Waals surface area contributed by atoms with Gasteiger partial charge in [-0.05, 0) is 24.6 Å². The van der Waals surface area contributed by atoms with Crippen molar-refractivity contribution in [3.63, 3.8) is 0 Å². The smallest absolute Gasteiger partial charge is 0.356 e. The lowest BCUT2D eigenvalue weighted by atomic mass is 10.2. The Morgan fingerprint density at radius 3 is 2.69 bits per heavy atom. The van der Waals surface area contributed by atoms with E-state index in [0.717, 1.165) is 41.6 Å². The van der Waals surface area contributed by atoms with Crippen molar-refractivity contribution in [1.29, 1.82) is 0 Å². The highest BCUT2D eigenvalue weighted by molar-refractivity contribution is 5.89. The number of hydrogen-bond donors (Lipinski definition) is 1. The molecule has 8 nitrogen and oxygen atoms in total. The molecule has 0 bridgehead atoms. The van der Waals surface area contributed by atoms with Gasteiger partial charge in [-0.15, -0.1) is 0 Å². The SMILES string of the molecule is Cc1cc2nc(NCc3cnn(Cc4ccc(C(F)(F)F)nc4)c3)nc3c2n1CCN3C. The van der Waals surface area contributed by atoms with Crippen LogP contribution in [-0.4, -0.2) is 42.9 Å². The minimum absolute atomic E-state index is 0.329. The number of aromatic nitrogens is 6. The summed E-state index contributed by atoms with van der Waals surface area (Å²) in [7, 11) is 2.03. The van der Waals surface area contributed by atoms with Gasteiger partial charge >= 0.3 is 6.18 Å². The van der Waals surface area contributed by atoms with Crippen molar-refractivity contribution in [2.75, 3.05) is 23.8 Å². The number of aryl methyl sites for hydroxylation is 1. The second-order valence-corrected chi connectivity index (χ2v) is 7.91. The van der Waals surface area contributed by atoms with E-state index >= 15 is 0 Å². The van der Waals surface area contributed by atoms with Crippen LogP contribution in [0.1, 0.15) is 22.5 Å². The zero-order chi connectivity index (χ0) is 22.5. The Bertz CT molecular complexity index is 1270. The van der Waals surface area contributed by atoms with Gasteiger partial charge in [0.25, 0.3) is 0 Å². The second-order valence-electron chi connectivity index (χ2n) is 7.91. The van der Waals surface area contributed by atoms with Crippen molar-refractivity contribution in [2.45, 2.75) is 32.7 Å². The summed E-state index contributed by atoms with van der Waals surface area (Å²) >= 11 is 0. The average Bonchev–Trinajstić information content (AvgIpc) is 3.33. The summed E-state index contributed by atoms with van der Waals surface area (Å²) in [5, 5.41) is 7.54. The third kappa shape index (κ3) is 3.74. The van der Waals surface area contributed by atoms with Gasteiger partial charge in [0.05, 0.1) is 18.3 Å². The Labute approximate surface area is 181 Å². The lowest BCUT2D eigenvalue weighted by molar-refractivity contribution is -0.141. The summed E-state index contributed by atoms with van der Waals surface area (Å²) in [6.45, 7) is 4.68. The summed E-state index contributed by atoms with van der Waals surface area (Å²) < 4.78 is 41.9. The van der Waals surface area contributed by atoms with Crippen molar-refractivity contribution in [1.82, 2.24) is 29.3 Å². The van der Waals surface area contributed by atoms with Crippen LogP contribution in [0.4, 0.5) is 24.9 Å². The number of rotatable bonds is 5. The van der Waals surface area contributed by atoms with Gasteiger partial charge in [0.2, 0.25) is 5.95 Å². The van der Waals surface area contributed by atoms with Crippen LogP contribution in [0.5, 0.6) is 0 Å². The summed E-state index contributed by atoms with van der Waals surface area (Å²) in [6.07, 6.45) is 0.324. The van der Waals surface area contributed by atoms with Gasteiger partial charge in [-0.2, -0.15) is 23.3 Å². The molecule has 0 saturated heterocycles. The van der Waals surface area contributed by atoms with Crippen LogP contribution >= 0.6 is 0 Å². The van der Waals surface area contributed by atoms with E-state index in [9.17, 15) is 13.2 Å². The number of pyridine rings is 1. The van der Waals surface area contributed by atoms with Crippen LogP contribution in [0.3, 0.4) is 0 Å². The number of likely N-dealkylation sites (N-methyl/N-ethyl adjacent to an activating group) is 1. The van der Waals surface area contributed by atoms with E-state index in [0.29, 0.717) is 24.6 Å². The minimum Gasteiger partial charge on any atom is -0.356 e. The number of anilines is 2. The third-order valence-electron chi connectivity index (χ3n) is 5.55. The molecule has 4 aromatic heterocycles.